The summed E-state index contributed by atoms with van der Waals surface area (Å²) in [5.74, 6) is 3.16. The third kappa shape index (κ3) is 11.1. The number of nitrogens with zero attached hydrogens (tertiary/aromatic N) is 2. The Morgan fingerprint density at radius 1 is 0.559 bits per heavy atom. The van der Waals surface area contributed by atoms with Gasteiger partial charge in [-0.05, 0) is 52.5 Å². The van der Waals surface area contributed by atoms with Gasteiger partial charge in [-0.2, -0.15) is 0 Å². The molecule has 0 amide bonds. The van der Waals surface area contributed by atoms with Crippen molar-refractivity contribution in [2.24, 2.45) is 10.8 Å². The molecule has 34 heavy (non-hydrogen) atoms. The van der Waals surface area contributed by atoms with E-state index in [9.17, 15) is 0 Å². The van der Waals surface area contributed by atoms with Gasteiger partial charge in [0.2, 0.25) is 0 Å². The fraction of sp³-hybridized carbons (Fsp3) is 0.571. The van der Waals surface area contributed by atoms with Gasteiger partial charge in [-0.15, -0.1) is 0 Å². The molecular weight excluding hydrogens is 428 g/mol. The second kappa shape index (κ2) is 12.9. The Balaban J connectivity index is 1.77. The average Bonchev–Trinajstić information content (AvgIpc) is 2.73. The number of hydrogen-bond donors (Lipinski definition) is 0. The highest BCUT2D eigenvalue weighted by atomic mass is 16.5. The van der Waals surface area contributed by atoms with Crippen molar-refractivity contribution in [1.29, 1.82) is 0 Å². The lowest BCUT2D eigenvalue weighted by atomic mass is 9.94. The van der Waals surface area contributed by atoms with Crippen molar-refractivity contribution in [3.63, 3.8) is 0 Å². The summed E-state index contributed by atoms with van der Waals surface area (Å²) in [4.78, 5) is 4.35. The fourth-order valence-corrected chi connectivity index (χ4v) is 3.99. The van der Waals surface area contributed by atoms with E-state index in [2.05, 4.69) is 65.7 Å². The van der Waals surface area contributed by atoms with Crippen LogP contribution >= 0.6 is 0 Å². The van der Waals surface area contributed by atoms with E-state index in [-0.39, 0.29) is 10.8 Å². The van der Waals surface area contributed by atoms with E-state index in [4.69, 9.17) is 18.9 Å². The van der Waals surface area contributed by atoms with Crippen LogP contribution in [-0.2, 0) is 0 Å². The van der Waals surface area contributed by atoms with Crippen molar-refractivity contribution >= 4 is 0 Å². The van der Waals surface area contributed by atoms with E-state index < -0.39 is 0 Å². The number of benzene rings is 2. The summed E-state index contributed by atoms with van der Waals surface area (Å²) in [5, 5.41) is 0. The number of ether oxygens (including phenoxy) is 4. The molecule has 0 bridgehead atoms. The van der Waals surface area contributed by atoms with Gasteiger partial charge in [0.1, 0.15) is 36.2 Å². The molecule has 0 heterocycles. The Kier molecular flexibility index (Phi) is 10.5. The zero-order valence-corrected chi connectivity index (χ0v) is 22.4. The van der Waals surface area contributed by atoms with Gasteiger partial charge in [-0.25, -0.2) is 0 Å². The molecule has 0 fully saturated rings. The summed E-state index contributed by atoms with van der Waals surface area (Å²) in [6, 6.07) is 15.5. The molecule has 6 heteroatoms. The molecule has 0 saturated heterocycles. The maximum absolute atomic E-state index is 6.01. The van der Waals surface area contributed by atoms with Crippen LogP contribution < -0.4 is 18.9 Å². The second-order valence-corrected chi connectivity index (χ2v) is 11.0. The minimum Gasteiger partial charge on any atom is -0.493 e. The molecule has 0 radical (unpaired) electrons. The summed E-state index contributed by atoms with van der Waals surface area (Å²) >= 11 is 0. The second-order valence-electron chi connectivity index (χ2n) is 11.0. The van der Waals surface area contributed by atoms with Crippen LogP contribution in [0.1, 0.15) is 27.7 Å². The van der Waals surface area contributed by atoms with Gasteiger partial charge in [0.25, 0.3) is 0 Å². The summed E-state index contributed by atoms with van der Waals surface area (Å²) in [6.07, 6.45) is 0. The quantitative estimate of drug-likeness (QED) is 0.337. The van der Waals surface area contributed by atoms with Gasteiger partial charge in [-0.1, -0.05) is 39.8 Å². The first-order valence-corrected chi connectivity index (χ1v) is 11.9. The third-order valence-corrected chi connectivity index (χ3v) is 4.98. The minimum absolute atomic E-state index is 0.0640. The van der Waals surface area contributed by atoms with Crippen LogP contribution in [0.3, 0.4) is 0 Å². The predicted molar refractivity (Wildman–Crippen MR) is 140 cm³/mol. The lowest BCUT2D eigenvalue weighted by Crippen LogP contribution is -2.33. The number of rotatable bonds is 15. The predicted octanol–water partition coefficient (Wildman–Crippen LogP) is 5.08. The molecule has 190 valence electrons. The maximum Gasteiger partial charge on any atom is 0.123 e. The van der Waals surface area contributed by atoms with Crippen molar-refractivity contribution in [2.45, 2.75) is 27.7 Å². The first-order chi connectivity index (χ1) is 15.9. The van der Waals surface area contributed by atoms with E-state index >= 15 is 0 Å². The van der Waals surface area contributed by atoms with Gasteiger partial charge < -0.3 is 28.7 Å². The van der Waals surface area contributed by atoms with E-state index in [1.807, 2.05) is 48.5 Å². The normalized spacial score (nSPS) is 12.2. The summed E-state index contributed by atoms with van der Waals surface area (Å²) in [5.41, 5.74) is 0.128. The Bertz CT molecular complexity index is 793. The molecule has 0 unspecified atom stereocenters. The van der Waals surface area contributed by atoms with Gasteiger partial charge in [0, 0.05) is 36.1 Å². The Labute approximate surface area is 206 Å². The van der Waals surface area contributed by atoms with Crippen molar-refractivity contribution in [1.82, 2.24) is 9.80 Å². The van der Waals surface area contributed by atoms with Gasteiger partial charge in [0.15, 0.2) is 0 Å². The molecular formula is C28H44N2O4. The molecule has 6 nitrogen and oxygen atoms in total. The molecule has 0 aliphatic carbocycles. The largest absolute Gasteiger partial charge is 0.493 e. The molecule has 0 aliphatic rings. The third-order valence-electron chi connectivity index (χ3n) is 4.98. The average molecular weight is 473 g/mol. The molecule has 0 atom stereocenters. The number of hydrogen-bond acceptors (Lipinski definition) is 6. The molecule has 2 aromatic rings. The van der Waals surface area contributed by atoms with E-state index in [0.717, 1.165) is 36.1 Å². The molecule has 0 aromatic heterocycles. The Hall–Kier alpha value is -2.44. The fourth-order valence-electron chi connectivity index (χ4n) is 3.99. The zero-order valence-electron chi connectivity index (χ0n) is 22.4. The van der Waals surface area contributed by atoms with Gasteiger partial charge in [0.05, 0.1) is 13.2 Å². The SMILES string of the molecule is CN(C)CC(C)(C)COc1cccc(OCCOc2cccc(OCC(C)(C)CN(C)C)c2)c1. The molecule has 2 rings (SSSR count). The van der Waals surface area contributed by atoms with Crippen LogP contribution in [0.2, 0.25) is 0 Å². The topological polar surface area (TPSA) is 43.4 Å². The maximum atomic E-state index is 6.01. The van der Waals surface area contributed by atoms with Gasteiger partial charge in [-0.3, -0.25) is 0 Å². The van der Waals surface area contributed by atoms with E-state index in [0.29, 0.717) is 26.4 Å². The van der Waals surface area contributed by atoms with Crippen molar-refractivity contribution < 1.29 is 18.9 Å². The van der Waals surface area contributed by atoms with Crippen LogP contribution in [0.4, 0.5) is 0 Å². The highest BCUT2D eigenvalue weighted by molar-refractivity contribution is 5.34. The lowest BCUT2D eigenvalue weighted by molar-refractivity contribution is 0.140. The van der Waals surface area contributed by atoms with Crippen LogP contribution in [0.25, 0.3) is 0 Å². The van der Waals surface area contributed by atoms with Crippen molar-refractivity contribution in [3.8, 4) is 23.0 Å². The summed E-state index contributed by atoms with van der Waals surface area (Å²) in [7, 11) is 8.31. The highest BCUT2D eigenvalue weighted by Crippen LogP contribution is 2.25. The van der Waals surface area contributed by atoms with E-state index in [1.165, 1.54) is 0 Å². The van der Waals surface area contributed by atoms with E-state index in [1.54, 1.807) is 0 Å². The van der Waals surface area contributed by atoms with Crippen LogP contribution in [0.5, 0.6) is 23.0 Å². The molecule has 0 saturated carbocycles. The van der Waals surface area contributed by atoms with Gasteiger partial charge >= 0.3 is 0 Å². The molecule has 2 aromatic carbocycles. The van der Waals surface area contributed by atoms with Crippen LogP contribution in [-0.4, -0.2) is 77.5 Å². The van der Waals surface area contributed by atoms with Crippen LogP contribution in [0.15, 0.2) is 48.5 Å². The lowest BCUT2D eigenvalue weighted by Gasteiger charge is -2.28. The molecule has 0 spiro atoms. The highest BCUT2D eigenvalue weighted by Gasteiger charge is 2.21. The minimum atomic E-state index is 0.0640. The Morgan fingerprint density at radius 2 is 0.882 bits per heavy atom. The van der Waals surface area contributed by atoms with Crippen LogP contribution in [0, 0.1) is 10.8 Å². The molecule has 0 aliphatic heterocycles. The van der Waals surface area contributed by atoms with Crippen molar-refractivity contribution in [3.05, 3.63) is 48.5 Å². The standard InChI is InChI=1S/C28H44N2O4/c1-27(2,19-29(5)6)21-33-25-13-9-11-23(17-25)31-15-16-32-24-12-10-14-26(18-24)34-22-28(3,4)20-30(7)8/h9-14,17-18H,15-16,19-22H2,1-8H3. The summed E-state index contributed by atoms with van der Waals surface area (Å²) in [6.45, 7) is 12.9. The molecule has 0 N–H and O–H groups in total. The first-order valence-electron chi connectivity index (χ1n) is 11.9. The zero-order chi connectivity index (χ0) is 25.2. The smallest absolute Gasteiger partial charge is 0.123 e. The first kappa shape index (κ1) is 27.8. The summed E-state index contributed by atoms with van der Waals surface area (Å²) < 4.78 is 23.8. The Morgan fingerprint density at radius 3 is 1.21 bits per heavy atom. The van der Waals surface area contributed by atoms with Crippen molar-refractivity contribution in [2.75, 3.05) is 67.7 Å². The monoisotopic (exact) mass is 472 g/mol.